The van der Waals surface area contributed by atoms with Crippen molar-refractivity contribution in [3.63, 3.8) is 0 Å². The molecule has 2 heterocycles. The highest BCUT2D eigenvalue weighted by Crippen LogP contribution is 2.37. The van der Waals surface area contributed by atoms with Crippen molar-refractivity contribution in [2.45, 2.75) is 18.9 Å². The maximum Gasteiger partial charge on any atom is 0.265 e. The Bertz CT molecular complexity index is 569. The largest absolute Gasteiger partial charge is 0.496 e. The molecule has 2 aromatic rings. The van der Waals surface area contributed by atoms with Gasteiger partial charge < -0.3 is 19.3 Å². The number of hydrogen-bond acceptors (Lipinski definition) is 6. The van der Waals surface area contributed by atoms with Crippen molar-refractivity contribution in [1.29, 1.82) is 0 Å². The molecule has 20 heavy (non-hydrogen) atoms. The molecule has 1 aromatic carbocycles. The molecule has 1 atom stereocenters. The van der Waals surface area contributed by atoms with Crippen LogP contribution in [0.1, 0.15) is 24.7 Å². The van der Waals surface area contributed by atoms with E-state index in [0.29, 0.717) is 28.8 Å². The maximum absolute atomic E-state index is 5.39. The van der Waals surface area contributed by atoms with E-state index in [4.69, 9.17) is 14.0 Å². The number of nitrogens with zero attached hydrogens (tertiary/aromatic N) is 2. The van der Waals surface area contributed by atoms with Gasteiger partial charge in [0.1, 0.15) is 17.1 Å². The molecule has 3 rings (SSSR count). The van der Waals surface area contributed by atoms with Gasteiger partial charge in [0.15, 0.2) is 5.82 Å². The molecule has 0 saturated carbocycles. The number of hydrogen-bond donors (Lipinski definition) is 1. The third kappa shape index (κ3) is 2.22. The van der Waals surface area contributed by atoms with Gasteiger partial charge in [0, 0.05) is 0 Å². The van der Waals surface area contributed by atoms with Crippen LogP contribution < -0.4 is 14.8 Å². The molecule has 1 N–H and O–H groups in total. The van der Waals surface area contributed by atoms with Crippen LogP contribution in [0.3, 0.4) is 0 Å². The average Bonchev–Trinajstić information content (AvgIpc) is 3.16. The van der Waals surface area contributed by atoms with E-state index in [2.05, 4.69) is 15.5 Å². The minimum atomic E-state index is 0.174. The van der Waals surface area contributed by atoms with E-state index < -0.39 is 0 Å². The van der Waals surface area contributed by atoms with E-state index >= 15 is 0 Å². The van der Waals surface area contributed by atoms with E-state index in [-0.39, 0.29) is 6.04 Å². The summed E-state index contributed by atoms with van der Waals surface area (Å²) >= 11 is 0. The van der Waals surface area contributed by atoms with E-state index in [0.717, 1.165) is 19.4 Å². The van der Waals surface area contributed by atoms with Crippen LogP contribution in [0.4, 0.5) is 0 Å². The van der Waals surface area contributed by atoms with Gasteiger partial charge in [0.2, 0.25) is 0 Å². The van der Waals surface area contributed by atoms with Gasteiger partial charge in [-0.1, -0.05) is 11.2 Å². The Kier molecular flexibility index (Phi) is 3.56. The SMILES string of the molecule is COc1cccc(OC)c1-c1nc(C2CCCN2)no1. The molecule has 106 valence electrons. The average molecular weight is 275 g/mol. The van der Waals surface area contributed by atoms with E-state index in [1.807, 2.05) is 18.2 Å². The molecular weight excluding hydrogens is 258 g/mol. The summed E-state index contributed by atoms with van der Waals surface area (Å²) in [6.45, 7) is 0.993. The fraction of sp³-hybridized carbons (Fsp3) is 0.429. The molecule has 1 aliphatic heterocycles. The Balaban J connectivity index is 2.00. The van der Waals surface area contributed by atoms with Crippen LogP contribution in [0.2, 0.25) is 0 Å². The van der Waals surface area contributed by atoms with Crippen molar-refractivity contribution < 1.29 is 14.0 Å². The van der Waals surface area contributed by atoms with Crippen LogP contribution in [0, 0.1) is 0 Å². The topological polar surface area (TPSA) is 69.4 Å². The molecule has 0 radical (unpaired) electrons. The lowest BCUT2D eigenvalue weighted by Gasteiger charge is -2.09. The molecule has 1 unspecified atom stereocenters. The lowest BCUT2D eigenvalue weighted by Crippen LogP contribution is -2.14. The molecule has 0 amide bonds. The molecule has 1 fully saturated rings. The molecular formula is C14H17N3O3. The smallest absolute Gasteiger partial charge is 0.265 e. The van der Waals surface area contributed by atoms with E-state index in [9.17, 15) is 0 Å². The number of rotatable bonds is 4. The summed E-state index contributed by atoms with van der Waals surface area (Å²) in [5.74, 6) is 2.41. The van der Waals surface area contributed by atoms with Crippen LogP contribution in [-0.2, 0) is 0 Å². The van der Waals surface area contributed by atoms with Crippen LogP contribution in [0.15, 0.2) is 22.7 Å². The first-order valence-electron chi connectivity index (χ1n) is 6.62. The van der Waals surface area contributed by atoms with Gasteiger partial charge in [-0.15, -0.1) is 0 Å². The molecule has 0 aliphatic carbocycles. The summed E-state index contributed by atoms with van der Waals surface area (Å²) in [7, 11) is 3.21. The summed E-state index contributed by atoms with van der Waals surface area (Å²) in [5, 5.41) is 7.41. The van der Waals surface area contributed by atoms with Gasteiger partial charge in [0.25, 0.3) is 5.89 Å². The van der Waals surface area contributed by atoms with Gasteiger partial charge in [0.05, 0.1) is 20.3 Å². The van der Waals surface area contributed by atoms with Gasteiger partial charge in [-0.2, -0.15) is 4.98 Å². The number of methoxy groups -OCH3 is 2. The van der Waals surface area contributed by atoms with Gasteiger partial charge in [-0.25, -0.2) is 0 Å². The van der Waals surface area contributed by atoms with Gasteiger partial charge in [-0.3, -0.25) is 0 Å². The third-order valence-corrected chi connectivity index (χ3v) is 3.46. The Morgan fingerprint density at radius 3 is 2.60 bits per heavy atom. The van der Waals surface area contributed by atoms with Crippen LogP contribution in [-0.4, -0.2) is 30.9 Å². The quantitative estimate of drug-likeness (QED) is 0.922. The zero-order valence-corrected chi connectivity index (χ0v) is 11.5. The zero-order valence-electron chi connectivity index (χ0n) is 11.5. The van der Waals surface area contributed by atoms with Crippen LogP contribution in [0.5, 0.6) is 11.5 Å². The number of aromatic nitrogens is 2. The predicted octanol–water partition coefficient (Wildman–Crippen LogP) is 2.18. The molecule has 1 saturated heterocycles. The van der Waals surface area contributed by atoms with Crippen molar-refractivity contribution in [1.82, 2.24) is 15.5 Å². The first kappa shape index (κ1) is 12.9. The standard InChI is InChI=1S/C14H17N3O3/c1-18-10-6-3-7-11(19-2)12(10)14-16-13(17-20-14)9-5-4-8-15-9/h3,6-7,9,15H,4-5,8H2,1-2H3. The summed E-state index contributed by atoms with van der Waals surface area (Å²) in [6, 6.07) is 5.72. The first-order chi connectivity index (χ1) is 9.83. The first-order valence-corrected chi connectivity index (χ1v) is 6.62. The highest BCUT2D eigenvalue weighted by molar-refractivity contribution is 5.70. The Labute approximate surface area is 117 Å². The summed E-state index contributed by atoms with van der Waals surface area (Å²) < 4.78 is 16.1. The fourth-order valence-electron chi connectivity index (χ4n) is 2.44. The highest BCUT2D eigenvalue weighted by atomic mass is 16.5. The molecule has 6 nitrogen and oxygen atoms in total. The van der Waals surface area contributed by atoms with Crippen LogP contribution >= 0.6 is 0 Å². The second-order valence-electron chi connectivity index (χ2n) is 4.64. The molecule has 6 heteroatoms. The van der Waals surface area contributed by atoms with Crippen molar-refractivity contribution in [2.24, 2.45) is 0 Å². The molecule has 0 bridgehead atoms. The normalized spacial score (nSPS) is 18.2. The number of nitrogens with one attached hydrogen (secondary N) is 1. The summed E-state index contributed by atoms with van der Waals surface area (Å²) in [4.78, 5) is 4.48. The lowest BCUT2D eigenvalue weighted by molar-refractivity contribution is 0.382. The highest BCUT2D eigenvalue weighted by Gasteiger charge is 2.24. The van der Waals surface area contributed by atoms with Gasteiger partial charge >= 0.3 is 0 Å². The van der Waals surface area contributed by atoms with Crippen molar-refractivity contribution in [2.75, 3.05) is 20.8 Å². The predicted molar refractivity (Wildman–Crippen MR) is 72.8 cm³/mol. The van der Waals surface area contributed by atoms with Crippen LogP contribution in [0.25, 0.3) is 11.5 Å². The summed E-state index contributed by atoms with van der Waals surface area (Å²) in [5.41, 5.74) is 0.689. The maximum atomic E-state index is 5.39. The minimum absolute atomic E-state index is 0.174. The Morgan fingerprint density at radius 1 is 1.25 bits per heavy atom. The lowest BCUT2D eigenvalue weighted by atomic mass is 10.1. The Morgan fingerprint density at radius 2 is 2.00 bits per heavy atom. The zero-order chi connectivity index (χ0) is 13.9. The number of ether oxygens (including phenoxy) is 2. The monoisotopic (exact) mass is 275 g/mol. The minimum Gasteiger partial charge on any atom is -0.496 e. The molecule has 1 aromatic heterocycles. The van der Waals surface area contributed by atoms with Gasteiger partial charge in [-0.05, 0) is 31.5 Å². The van der Waals surface area contributed by atoms with E-state index in [1.54, 1.807) is 14.2 Å². The van der Waals surface area contributed by atoms with Crippen molar-refractivity contribution in [3.05, 3.63) is 24.0 Å². The Hall–Kier alpha value is -2.08. The van der Waals surface area contributed by atoms with Crippen molar-refractivity contribution >= 4 is 0 Å². The van der Waals surface area contributed by atoms with Crippen molar-refractivity contribution in [3.8, 4) is 23.0 Å². The number of benzene rings is 1. The third-order valence-electron chi connectivity index (χ3n) is 3.46. The summed E-state index contributed by atoms with van der Waals surface area (Å²) in [6.07, 6.45) is 2.16. The molecule has 1 aliphatic rings. The fourth-order valence-corrected chi connectivity index (χ4v) is 2.44. The molecule has 0 spiro atoms. The van der Waals surface area contributed by atoms with E-state index in [1.165, 1.54) is 0 Å². The second kappa shape index (κ2) is 5.50. The second-order valence-corrected chi connectivity index (χ2v) is 4.64.